The maximum Gasteiger partial charge on any atom is 0.251 e. The lowest BCUT2D eigenvalue weighted by molar-refractivity contribution is 0.0939. The van der Waals surface area contributed by atoms with Crippen LogP contribution < -0.4 is 10.5 Å². The van der Waals surface area contributed by atoms with Gasteiger partial charge in [0.05, 0.1) is 10.9 Å². The maximum atomic E-state index is 12.2. The van der Waals surface area contributed by atoms with E-state index in [1.54, 1.807) is 19.1 Å². The first-order valence-electron chi connectivity index (χ1n) is 6.43. The second-order valence-electron chi connectivity index (χ2n) is 4.81. The number of primary sulfonamides is 1. The summed E-state index contributed by atoms with van der Waals surface area (Å²) in [5, 5.41) is 8.04. The highest BCUT2D eigenvalue weighted by molar-refractivity contribution is 7.89. The van der Waals surface area contributed by atoms with Gasteiger partial charge >= 0.3 is 0 Å². The highest BCUT2D eigenvalue weighted by atomic mass is 35.5. The molecule has 1 heterocycles. The molecule has 0 fully saturated rings. The Morgan fingerprint density at radius 2 is 1.70 bits per heavy atom. The summed E-state index contributed by atoms with van der Waals surface area (Å²) >= 11 is 11.5. The van der Waals surface area contributed by atoms with Gasteiger partial charge in [0.15, 0.2) is 0 Å². The molecule has 2 aromatic rings. The van der Waals surface area contributed by atoms with Crippen molar-refractivity contribution in [2.75, 3.05) is 0 Å². The van der Waals surface area contributed by atoms with E-state index in [2.05, 4.69) is 10.3 Å². The van der Waals surface area contributed by atoms with Crippen LogP contribution in [0.4, 0.5) is 0 Å². The van der Waals surface area contributed by atoms with Gasteiger partial charge < -0.3 is 5.32 Å². The number of amides is 1. The van der Waals surface area contributed by atoms with Crippen molar-refractivity contribution in [2.45, 2.75) is 17.9 Å². The van der Waals surface area contributed by atoms with Crippen LogP contribution in [0.3, 0.4) is 0 Å². The van der Waals surface area contributed by atoms with Crippen molar-refractivity contribution in [3.8, 4) is 0 Å². The molecule has 0 bridgehead atoms. The Labute approximate surface area is 143 Å². The summed E-state index contributed by atoms with van der Waals surface area (Å²) in [6.07, 6.45) is 0. The van der Waals surface area contributed by atoms with Crippen molar-refractivity contribution in [2.24, 2.45) is 5.14 Å². The topological polar surface area (TPSA) is 102 Å². The number of nitrogens with one attached hydrogen (secondary N) is 1. The minimum Gasteiger partial charge on any atom is -0.346 e. The Morgan fingerprint density at radius 1 is 1.17 bits per heavy atom. The van der Waals surface area contributed by atoms with Gasteiger partial charge in [-0.2, -0.15) is 0 Å². The smallest absolute Gasteiger partial charge is 0.251 e. The van der Waals surface area contributed by atoms with Crippen molar-refractivity contribution in [1.29, 1.82) is 0 Å². The Kier molecular flexibility index (Phi) is 5.26. The van der Waals surface area contributed by atoms with Crippen LogP contribution >= 0.6 is 23.2 Å². The molecule has 0 saturated heterocycles. The monoisotopic (exact) mass is 373 g/mol. The van der Waals surface area contributed by atoms with E-state index >= 15 is 0 Å². The van der Waals surface area contributed by atoms with Crippen molar-refractivity contribution >= 4 is 39.1 Å². The number of carbonyl (C=O) groups excluding carboxylic acids is 1. The molecule has 0 aliphatic rings. The van der Waals surface area contributed by atoms with Gasteiger partial charge in [0.1, 0.15) is 10.3 Å². The number of benzene rings is 1. The molecule has 1 aromatic carbocycles. The molecule has 1 unspecified atom stereocenters. The molecule has 0 aliphatic heterocycles. The maximum absolute atomic E-state index is 12.2. The molecule has 3 N–H and O–H groups in total. The van der Waals surface area contributed by atoms with Crippen molar-refractivity contribution < 1.29 is 13.2 Å². The fraction of sp³-hybridized carbons (Fsp3) is 0.143. The van der Waals surface area contributed by atoms with Gasteiger partial charge in [-0.25, -0.2) is 18.5 Å². The zero-order chi connectivity index (χ0) is 17.2. The minimum absolute atomic E-state index is 0.00692. The fourth-order valence-corrected chi connectivity index (χ4v) is 2.88. The average molecular weight is 374 g/mol. The Bertz CT molecular complexity index is 819. The van der Waals surface area contributed by atoms with E-state index in [-0.39, 0.29) is 32.7 Å². The predicted molar refractivity (Wildman–Crippen MR) is 88.0 cm³/mol. The van der Waals surface area contributed by atoms with Gasteiger partial charge in [0, 0.05) is 5.56 Å². The van der Waals surface area contributed by atoms with Crippen LogP contribution in [0, 0.1) is 0 Å². The first kappa shape index (κ1) is 17.7. The summed E-state index contributed by atoms with van der Waals surface area (Å²) in [6.45, 7) is 1.76. The number of nitrogens with two attached hydrogens (primary N) is 1. The second-order valence-corrected chi connectivity index (χ2v) is 7.15. The first-order chi connectivity index (χ1) is 10.7. The molecule has 122 valence electrons. The number of carbonyl (C=O) groups is 1. The predicted octanol–water partition coefficient (Wildman–Crippen LogP) is 2.53. The Balaban J connectivity index is 2.15. The van der Waals surface area contributed by atoms with E-state index in [1.165, 1.54) is 24.3 Å². The number of hydrogen-bond acceptors (Lipinski definition) is 4. The summed E-state index contributed by atoms with van der Waals surface area (Å²) in [4.78, 5) is 16.0. The lowest BCUT2D eigenvalue weighted by Gasteiger charge is -2.15. The van der Waals surface area contributed by atoms with E-state index in [1.807, 2.05) is 0 Å². The summed E-state index contributed by atoms with van der Waals surface area (Å²) in [5.74, 6) is -0.376. The van der Waals surface area contributed by atoms with Gasteiger partial charge in [0.2, 0.25) is 10.0 Å². The summed E-state index contributed by atoms with van der Waals surface area (Å²) < 4.78 is 22.4. The fourth-order valence-electron chi connectivity index (χ4n) is 1.91. The van der Waals surface area contributed by atoms with Crippen LogP contribution in [-0.2, 0) is 10.0 Å². The zero-order valence-electron chi connectivity index (χ0n) is 12.0. The quantitative estimate of drug-likeness (QED) is 0.803. The number of sulfonamides is 1. The molecule has 23 heavy (non-hydrogen) atoms. The molecular formula is C14H13Cl2N3O3S. The van der Waals surface area contributed by atoms with E-state index in [0.29, 0.717) is 0 Å². The molecular weight excluding hydrogens is 361 g/mol. The Morgan fingerprint density at radius 3 is 2.17 bits per heavy atom. The van der Waals surface area contributed by atoms with Gasteiger partial charge in [0.25, 0.3) is 5.91 Å². The molecule has 0 aliphatic carbocycles. The van der Waals surface area contributed by atoms with Crippen molar-refractivity contribution in [1.82, 2.24) is 10.3 Å². The molecule has 0 spiro atoms. The highest BCUT2D eigenvalue weighted by Crippen LogP contribution is 2.18. The van der Waals surface area contributed by atoms with Gasteiger partial charge in [-0.1, -0.05) is 35.3 Å². The SMILES string of the molecule is CC(NC(=O)c1cc(Cl)nc(Cl)c1)c1ccc(S(N)(=O)=O)cc1. The lowest BCUT2D eigenvalue weighted by Crippen LogP contribution is -2.26. The van der Waals surface area contributed by atoms with E-state index in [4.69, 9.17) is 28.3 Å². The van der Waals surface area contributed by atoms with Crippen LogP contribution in [0.5, 0.6) is 0 Å². The molecule has 1 atom stereocenters. The van der Waals surface area contributed by atoms with Crippen LogP contribution in [0.2, 0.25) is 10.3 Å². The average Bonchev–Trinajstić information content (AvgIpc) is 2.45. The van der Waals surface area contributed by atoms with Crippen molar-refractivity contribution in [3.63, 3.8) is 0 Å². The summed E-state index contributed by atoms with van der Waals surface area (Å²) in [7, 11) is -3.74. The van der Waals surface area contributed by atoms with Crippen LogP contribution in [0.25, 0.3) is 0 Å². The molecule has 9 heteroatoms. The standard InChI is InChI=1S/C14H13Cl2N3O3S/c1-8(9-2-4-11(5-3-9)23(17,21)22)18-14(20)10-6-12(15)19-13(16)7-10/h2-8H,1H3,(H,18,20)(H2,17,21,22). The summed E-state index contributed by atoms with van der Waals surface area (Å²) in [6, 6.07) is 8.37. The van der Waals surface area contributed by atoms with Crippen LogP contribution in [0.1, 0.15) is 28.9 Å². The van der Waals surface area contributed by atoms with E-state index in [9.17, 15) is 13.2 Å². The molecule has 0 radical (unpaired) electrons. The number of halogens is 2. The third-order valence-electron chi connectivity index (χ3n) is 3.08. The third-order valence-corrected chi connectivity index (χ3v) is 4.40. The normalized spacial score (nSPS) is 12.7. The number of aromatic nitrogens is 1. The summed E-state index contributed by atoms with van der Waals surface area (Å²) in [5.41, 5.74) is 1.00. The molecule has 6 nitrogen and oxygen atoms in total. The first-order valence-corrected chi connectivity index (χ1v) is 8.74. The van der Waals surface area contributed by atoms with Crippen LogP contribution in [0.15, 0.2) is 41.3 Å². The minimum atomic E-state index is -3.74. The van der Waals surface area contributed by atoms with Gasteiger partial charge in [-0.3, -0.25) is 4.79 Å². The Hall–Kier alpha value is -1.67. The van der Waals surface area contributed by atoms with E-state index in [0.717, 1.165) is 5.56 Å². The number of pyridine rings is 1. The molecule has 0 saturated carbocycles. The van der Waals surface area contributed by atoms with Gasteiger partial charge in [-0.05, 0) is 36.8 Å². The lowest BCUT2D eigenvalue weighted by atomic mass is 10.1. The van der Waals surface area contributed by atoms with Gasteiger partial charge in [-0.15, -0.1) is 0 Å². The molecule has 2 rings (SSSR count). The number of nitrogens with zero attached hydrogens (tertiary/aromatic N) is 1. The molecule has 1 amide bonds. The molecule has 1 aromatic heterocycles. The zero-order valence-corrected chi connectivity index (χ0v) is 14.3. The number of rotatable bonds is 4. The third kappa shape index (κ3) is 4.65. The van der Waals surface area contributed by atoms with Crippen LogP contribution in [-0.4, -0.2) is 19.3 Å². The highest BCUT2D eigenvalue weighted by Gasteiger charge is 2.14. The number of hydrogen-bond donors (Lipinski definition) is 2. The second kappa shape index (κ2) is 6.84. The van der Waals surface area contributed by atoms with E-state index < -0.39 is 10.0 Å². The van der Waals surface area contributed by atoms with Crippen molar-refractivity contribution in [3.05, 3.63) is 57.8 Å². The largest absolute Gasteiger partial charge is 0.346 e.